The van der Waals surface area contributed by atoms with Crippen molar-refractivity contribution in [2.75, 3.05) is 7.11 Å². The molecule has 1 heterocycles. The van der Waals surface area contributed by atoms with Crippen molar-refractivity contribution < 1.29 is 9.13 Å². The van der Waals surface area contributed by atoms with Crippen molar-refractivity contribution in [3.8, 4) is 10.6 Å². The van der Waals surface area contributed by atoms with E-state index in [0.717, 1.165) is 27.7 Å². The lowest BCUT2D eigenvalue weighted by atomic mass is 10.1. The summed E-state index contributed by atoms with van der Waals surface area (Å²) in [5, 5.41) is 4.22. The highest BCUT2D eigenvalue weighted by Gasteiger charge is 2.22. The third kappa shape index (κ3) is 3.48. The van der Waals surface area contributed by atoms with Gasteiger partial charge in [-0.2, -0.15) is 0 Å². The van der Waals surface area contributed by atoms with E-state index in [1.807, 2.05) is 13.0 Å². The van der Waals surface area contributed by atoms with Gasteiger partial charge in [0.05, 0.1) is 12.3 Å². The Hall–Kier alpha value is -1.30. The molecule has 0 radical (unpaired) electrons. The lowest BCUT2D eigenvalue weighted by Crippen LogP contribution is -2.15. The Bertz CT molecular complexity index is 637. The van der Waals surface area contributed by atoms with Crippen LogP contribution in [0.25, 0.3) is 10.6 Å². The fourth-order valence-corrected chi connectivity index (χ4v) is 3.25. The minimum atomic E-state index is -0.222. The van der Waals surface area contributed by atoms with Crippen molar-refractivity contribution in [1.29, 1.82) is 0 Å². The normalized spacial score (nSPS) is 14.6. The van der Waals surface area contributed by atoms with Crippen molar-refractivity contribution >= 4 is 11.3 Å². The molecule has 1 N–H and O–H groups in total. The number of nitrogens with one attached hydrogen (secondary N) is 1. The van der Waals surface area contributed by atoms with Crippen molar-refractivity contribution in [3.05, 3.63) is 40.2 Å². The highest BCUT2D eigenvalue weighted by atomic mass is 32.1. The zero-order chi connectivity index (χ0) is 14.8. The number of hydrogen-bond donors (Lipinski definition) is 1. The standard InChI is InChI=1S/C16H19FN2OS/c1-10-3-6-13(17)12(7-10)16-19-14(9-20-2)15(21-16)8-18-11-4-5-11/h3,6-7,11,18H,4-5,8-9H2,1-2H3. The quantitative estimate of drug-likeness (QED) is 0.884. The van der Waals surface area contributed by atoms with Crippen molar-refractivity contribution in [1.82, 2.24) is 10.3 Å². The van der Waals surface area contributed by atoms with Crippen LogP contribution in [0.1, 0.15) is 29.0 Å². The van der Waals surface area contributed by atoms with Crippen LogP contribution < -0.4 is 5.32 Å². The number of thiazole rings is 1. The fourth-order valence-electron chi connectivity index (χ4n) is 2.21. The molecule has 1 aromatic heterocycles. The van der Waals surface area contributed by atoms with Gasteiger partial charge in [-0.15, -0.1) is 11.3 Å². The number of hydrogen-bond acceptors (Lipinski definition) is 4. The van der Waals surface area contributed by atoms with Gasteiger partial charge in [-0.05, 0) is 31.9 Å². The van der Waals surface area contributed by atoms with Gasteiger partial charge in [0.2, 0.25) is 0 Å². The van der Waals surface area contributed by atoms with E-state index in [4.69, 9.17) is 4.74 Å². The topological polar surface area (TPSA) is 34.1 Å². The largest absolute Gasteiger partial charge is 0.378 e. The van der Waals surface area contributed by atoms with Crippen LogP contribution in [0.4, 0.5) is 4.39 Å². The summed E-state index contributed by atoms with van der Waals surface area (Å²) in [7, 11) is 1.66. The highest BCUT2D eigenvalue weighted by molar-refractivity contribution is 7.15. The summed E-state index contributed by atoms with van der Waals surface area (Å²) in [6.45, 7) is 3.21. The summed E-state index contributed by atoms with van der Waals surface area (Å²) in [6.07, 6.45) is 2.50. The van der Waals surface area contributed by atoms with E-state index in [0.29, 0.717) is 18.2 Å². The monoisotopic (exact) mass is 306 g/mol. The second kappa shape index (κ2) is 6.22. The number of nitrogens with zero attached hydrogens (tertiary/aromatic N) is 1. The molecule has 0 amide bonds. The number of aryl methyl sites for hydroxylation is 1. The molecule has 0 unspecified atom stereocenters. The summed E-state index contributed by atoms with van der Waals surface area (Å²) in [5.41, 5.74) is 2.52. The zero-order valence-electron chi connectivity index (χ0n) is 12.3. The molecule has 0 aliphatic heterocycles. The number of rotatable bonds is 6. The van der Waals surface area contributed by atoms with E-state index in [1.54, 1.807) is 24.5 Å². The maximum absolute atomic E-state index is 14.0. The second-order valence-corrected chi connectivity index (χ2v) is 6.54. The summed E-state index contributed by atoms with van der Waals surface area (Å²) in [5.74, 6) is -0.222. The van der Waals surface area contributed by atoms with Gasteiger partial charge in [-0.1, -0.05) is 11.6 Å². The van der Waals surface area contributed by atoms with Crippen LogP contribution in [0.2, 0.25) is 0 Å². The predicted molar refractivity (Wildman–Crippen MR) is 82.8 cm³/mol. The Morgan fingerprint density at radius 2 is 2.24 bits per heavy atom. The fraction of sp³-hybridized carbons (Fsp3) is 0.438. The molecule has 1 fully saturated rings. The Balaban J connectivity index is 1.90. The Labute approximate surface area is 128 Å². The van der Waals surface area contributed by atoms with Gasteiger partial charge in [0.25, 0.3) is 0 Å². The van der Waals surface area contributed by atoms with Gasteiger partial charge in [0.15, 0.2) is 0 Å². The number of methoxy groups -OCH3 is 1. The number of ether oxygens (including phenoxy) is 1. The predicted octanol–water partition coefficient (Wildman–Crippen LogP) is 3.66. The van der Waals surface area contributed by atoms with Crippen LogP contribution >= 0.6 is 11.3 Å². The molecular weight excluding hydrogens is 287 g/mol. The lowest BCUT2D eigenvalue weighted by molar-refractivity contribution is 0.181. The molecule has 1 aromatic carbocycles. The van der Waals surface area contributed by atoms with E-state index in [1.165, 1.54) is 18.9 Å². The van der Waals surface area contributed by atoms with E-state index >= 15 is 0 Å². The van der Waals surface area contributed by atoms with Gasteiger partial charge < -0.3 is 10.1 Å². The lowest BCUT2D eigenvalue weighted by Gasteiger charge is -2.02. The maximum atomic E-state index is 14.0. The van der Waals surface area contributed by atoms with Crippen LogP contribution in [0.15, 0.2) is 18.2 Å². The number of benzene rings is 1. The number of aromatic nitrogens is 1. The maximum Gasteiger partial charge on any atom is 0.133 e. The molecule has 3 rings (SSSR count). The molecule has 112 valence electrons. The summed E-state index contributed by atoms with van der Waals surface area (Å²) < 4.78 is 19.2. The molecule has 1 aliphatic carbocycles. The first-order valence-corrected chi connectivity index (χ1v) is 7.96. The van der Waals surface area contributed by atoms with Crippen molar-refractivity contribution in [2.24, 2.45) is 0 Å². The van der Waals surface area contributed by atoms with Crippen LogP contribution in [0.3, 0.4) is 0 Å². The van der Waals surface area contributed by atoms with Crippen LogP contribution in [0, 0.1) is 12.7 Å². The third-order valence-corrected chi connectivity index (χ3v) is 4.67. The SMILES string of the molecule is COCc1nc(-c2cc(C)ccc2F)sc1CNC1CC1. The Morgan fingerprint density at radius 3 is 2.95 bits per heavy atom. The molecule has 1 saturated carbocycles. The number of halogens is 1. The molecule has 0 spiro atoms. The summed E-state index contributed by atoms with van der Waals surface area (Å²) in [4.78, 5) is 5.72. The van der Waals surface area contributed by atoms with Crippen LogP contribution in [-0.4, -0.2) is 18.1 Å². The minimum absolute atomic E-state index is 0.222. The minimum Gasteiger partial charge on any atom is -0.378 e. The summed E-state index contributed by atoms with van der Waals surface area (Å²) >= 11 is 1.55. The molecule has 21 heavy (non-hydrogen) atoms. The Kier molecular flexibility index (Phi) is 4.33. The zero-order valence-corrected chi connectivity index (χ0v) is 13.1. The first kappa shape index (κ1) is 14.6. The highest BCUT2D eigenvalue weighted by Crippen LogP contribution is 2.31. The van der Waals surface area contributed by atoms with Crippen LogP contribution in [0.5, 0.6) is 0 Å². The van der Waals surface area contributed by atoms with E-state index < -0.39 is 0 Å². The molecule has 2 aromatic rings. The van der Waals surface area contributed by atoms with Crippen molar-refractivity contribution in [2.45, 2.75) is 39.0 Å². The molecule has 1 aliphatic rings. The third-order valence-electron chi connectivity index (χ3n) is 3.54. The van der Waals surface area contributed by atoms with E-state index in [2.05, 4.69) is 10.3 Å². The first-order valence-electron chi connectivity index (χ1n) is 7.15. The second-order valence-electron chi connectivity index (χ2n) is 5.46. The smallest absolute Gasteiger partial charge is 0.133 e. The van der Waals surface area contributed by atoms with Crippen molar-refractivity contribution in [3.63, 3.8) is 0 Å². The molecule has 3 nitrogen and oxygen atoms in total. The average Bonchev–Trinajstić information content (AvgIpc) is 3.21. The molecule has 0 saturated heterocycles. The van der Waals surface area contributed by atoms with Gasteiger partial charge >= 0.3 is 0 Å². The summed E-state index contributed by atoms with van der Waals surface area (Å²) in [6, 6.07) is 5.77. The average molecular weight is 306 g/mol. The van der Waals surface area contributed by atoms with Gasteiger partial charge in [-0.25, -0.2) is 9.37 Å². The van der Waals surface area contributed by atoms with E-state index in [-0.39, 0.29) is 5.82 Å². The van der Waals surface area contributed by atoms with Gasteiger partial charge in [0, 0.05) is 30.1 Å². The van der Waals surface area contributed by atoms with Crippen LogP contribution in [-0.2, 0) is 17.9 Å². The molecular formula is C16H19FN2OS. The van der Waals surface area contributed by atoms with E-state index in [9.17, 15) is 4.39 Å². The first-order chi connectivity index (χ1) is 10.2. The molecule has 5 heteroatoms. The van der Waals surface area contributed by atoms with Gasteiger partial charge in [-0.3, -0.25) is 0 Å². The van der Waals surface area contributed by atoms with Gasteiger partial charge in [0.1, 0.15) is 10.8 Å². The Morgan fingerprint density at radius 1 is 1.43 bits per heavy atom. The molecule has 0 bridgehead atoms. The molecule has 0 atom stereocenters.